The molecule has 9 aromatic rings. The first kappa shape index (κ1) is 34.2. The third-order valence-electron chi connectivity index (χ3n) is 13.8. The first-order valence-electron chi connectivity index (χ1n) is 21.1. The molecule has 1 fully saturated rings. The Hall–Kier alpha value is -6.84. The number of furan rings is 1. The quantitative estimate of drug-likeness (QED) is 0.174. The summed E-state index contributed by atoms with van der Waals surface area (Å²) in [6.07, 6.45) is 4.97. The van der Waals surface area contributed by atoms with Crippen molar-refractivity contribution in [1.29, 1.82) is 0 Å². The maximum Gasteiger partial charge on any atom is 0.143 e. The molecule has 0 amide bonds. The summed E-state index contributed by atoms with van der Waals surface area (Å²) >= 11 is 0. The Morgan fingerprint density at radius 3 is 1.81 bits per heavy atom. The number of hydrogen-bond acceptors (Lipinski definition) is 3. The van der Waals surface area contributed by atoms with Crippen molar-refractivity contribution < 1.29 is 4.42 Å². The van der Waals surface area contributed by atoms with E-state index < -0.39 is 0 Å². The summed E-state index contributed by atoms with van der Waals surface area (Å²) in [7, 11) is 0. The van der Waals surface area contributed by atoms with E-state index in [-0.39, 0.29) is 10.8 Å². The molecule has 284 valence electrons. The Kier molecular flexibility index (Phi) is 7.44. The van der Waals surface area contributed by atoms with E-state index in [0.29, 0.717) is 0 Å². The fraction of sp³-hybridized carbons (Fsp3) is 0.143. The molecular weight excluding hydrogens is 717 g/mol. The van der Waals surface area contributed by atoms with Crippen LogP contribution >= 0.6 is 0 Å². The van der Waals surface area contributed by atoms with Gasteiger partial charge in [-0.25, -0.2) is 0 Å². The second kappa shape index (κ2) is 12.8. The van der Waals surface area contributed by atoms with Crippen molar-refractivity contribution in [1.82, 2.24) is 0 Å². The van der Waals surface area contributed by atoms with Crippen molar-refractivity contribution in [2.75, 3.05) is 9.80 Å². The molecule has 1 aromatic heterocycles. The first-order valence-corrected chi connectivity index (χ1v) is 21.1. The third kappa shape index (κ3) is 5.01. The normalized spacial score (nSPS) is 15.6. The SMILES string of the molecule is CC1(C)c2ccccc2N(c2cc(-c3ccc(N(c4ccccc4)c4ccc5c(c4)C4(CCCC4)c4ccccc4-5)cc3)c3oc4ccccc4c3c2)c2ccccc21. The monoisotopic (exact) mass is 760 g/mol. The average molecular weight is 761 g/mol. The van der Waals surface area contributed by atoms with Gasteiger partial charge in [0.05, 0.1) is 11.4 Å². The van der Waals surface area contributed by atoms with Gasteiger partial charge in [0.1, 0.15) is 11.2 Å². The minimum Gasteiger partial charge on any atom is -0.455 e. The molecule has 0 radical (unpaired) electrons. The molecule has 3 heteroatoms. The maximum atomic E-state index is 6.75. The number of para-hydroxylation sites is 4. The minimum absolute atomic E-state index is 0.0995. The number of nitrogens with zero attached hydrogens (tertiary/aromatic N) is 2. The van der Waals surface area contributed by atoms with Gasteiger partial charge in [-0.3, -0.25) is 0 Å². The van der Waals surface area contributed by atoms with E-state index in [1.165, 1.54) is 76.1 Å². The molecule has 2 heterocycles. The fourth-order valence-electron chi connectivity index (χ4n) is 11.0. The summed E-state index contributed by atoms with van der Waals surface area (Å²) in [6.45, 7) is 4.68. The Labute approximate surface area is 345 Å². The smallest absolute Gasteiger partial charge is 0.143 e. The molecule has 3 aliphatic rings. The highest BCUT2D eigenvalue weighted by Crippen LogP contribution is 2.58. The number of hydrogen-bond donors (Lipinski definition) is 0. The summed E-state index contributed by atoms with van der Waals surface area (Å²) in [5, 5.41) is 2.23. The van der Waals surface area contributed by atoms with Gasteiger partial charge in [0.15, 0.2) is 0 Å². The predicted molar refractivity (Wildman–Crippen MR) is 245 cm³/mol. The molecule has 0 saturated heterocycles. The van der Waals surface area contributed by atoms with Crippen LogP contribution in [-0.2, 0) is 10.8 Å². The molecule has 0 atom stereocenters. The highest BCUT2D eigenvalue weighted by atomic mass is 16.3. The van der Waals surface area contributed by atoms with Crippen LogP contribution in [0, 0.1) is 0 Å². The van der Waals surface area contributed by atoms with Gasteiger partial charge in [-0.2, -0.15) is 0 Å². The average Bonchev–Trinajstić information content (AvgIpc) is 4.00. The van der Waals surface area contributed by atoms with Crippen LogP contribution in [0.25, 0.3) is 44.2 Å². The van der Waals surface area contributed by atoms with Gasteiger partial charge >= 0.3 is 0 Å². The van der Waals surface area contributed by atoms with Gasteiger partial charge in [0.25, 0.3) is 0 Å². The zero-order chi connectivity index (χ0) is 39.3. The lowest BCUT2D eigenvalue weighted by Crippen LogP contribution is -2.30. The maximum absolute atomic E-state index is 6.75. The van der Waals surface area contributed by atoms with Gasteiger partial charge in [-0.15, -0.1) is 0 Å². The fourth-order valence-corrected chi connectivity index (χ4v) is 11.0. The van der Waals surface area contributed by atoms with Crippen molar-refractivity contribution in [2.24, 2.45) is 0 Å². The van der Waals surface area contributed by atoms with Gasteiger partial charge in [-0.1, -0.05) is 142 Å². The van der Waals surface area contributed by atoms with Crippen LogP contribution in [0.5, 0.6) is 0 Å². The molecule has 0 N–H and O–H groups in total. The Balaban J connectivity index is 1.02. The molecule has 8 aromatic carbocycles. The first-order chi connectivity index (χ1) is 29.0. The Bertz CT molecular complexity index is 3040. The summed E-state index contributed by atoms with van der Waals surface area (Å²) in [5.41, 5.74) is 19.4. The van der Waals surface area contributed by atoms with Crippen molar-refractivity contribution >= 4 is 56.1 Å². The largest absolute Gasteiger partial charge is 0.455 e. The molecule has 59 heavy (non-hydrogen) atoms. The van der Waals surface area contributed by atoms with Crippen molar-refractivity contribution in [3.8, 4) is 22.3 Å². The van der Waals surface area contributed by atoms with E-state index in [4.69, 9.17) is 4.42 Å². The molecule has 12 rings (SSSR count). The zero-order valence-electron chi connectivity index (χ0n) is 33.5. The highest BCUT2D eigenvalue weighted by molar-refractivity contribution is 6.12. The second-order valence-electron chi connectivity index (χ2n) is 17.2. The van der Waals surface area contributed by atoms with Gasteiger partial charge in [-0.05, 0) is 119 Å². The minimum atomic E-state index is -0.139. The van der Waals surface area contributed by atoms with Crippen molar-refractivity contribution in [2.45, 2.75) is 50.4 Å². The predicted octanol–water partition coefficient (Wildman–Crippen LogP) is 15.7. The highest BCUT2D eigenvalue weighted by Gasteiger charge is 2.45. The van der Waals surface area contributed by atoms with Crippen LogP contribution in [-0.4, -0.2) is 0 Å². The van der Waals surface area contributed by atoms with E-state index in [1.54, 1.807) is 0 Å². The third-order valence-corrected chi connectivity index (χ3v) is 13.8. The van der Waals surface area contributed by atoms with Gasteiger partial charge in [0.2, 0.25) is 0 Å². The van der Waals surface area contributed by atoms with Crippen LogP contribution < -0.4 is 9.80 Å². The summed E-state index contributed by atoms with van der Waals surface area (Å²) < 4.78 is 6.75. The lowest BCUT2D eigenvalue weighted by molar-refractivity contribution is 0.550. The molecule has 3 nitrogen and oxygen atoms in total. The van der Waals surface area contributed by atoms with E-state index in [2.05, 4.69) is 206 Å². The van der Waals surface area contributed by atoms with Crippen molar-refractivity contribution in [3.63, 3.8) is 0 Å². The number of rotatable bonds is 5. The number of anilines is 6. The lowest BCUT2D eigenvalue weighted by Gasteiger charge is -2.42. The Morgan fingerprint density at radius 1 is 0.475 bits per heavy atom. The molecule has 1 spiro atoms. The number of fused-ring (bicyclic) bond motifs is 10. The van der Waals surface area contributed by atoms with E-state index in [1.807, 2.05) is 0 Å². The molecular formula is C56H44N2O. The number of benzene rings is 8. The van der Waals surface area contributed by atoms with E-state index >= 15 is 0 Å². The van der Waals surface area contributed by atoms with Crippen LogP contribution in [0.2, 0.25) is 0 Å². The molecule has 0 unspecified atom stereocenters. The lowest BCUT2D eigenvalue weighted by atomic mass is 9.73. The molecule has 1 saturated carbocycles. The molecule has 2 aliphatic carbocycles. The van der Waals surface area contributed by atoms with Crippen LogP contribution in [0.4, 0.5) is 34.1 Å². The van der Waals surface area contributed by atoms with Crippen LogP contribution in [0.1, 0.15) is 61.8 Å². The summed E-state index contributed by atoms with van der Waals surface area (Å²) in [5.74, 6) is 0. The summed E-state index contributed by atoms with van der Waals surface area (Å²) in [6, 6.07) is 67.1. The standard InChI is InChI=1S/C56H44N2O/c1-55(2)48-21-9-11-23-51(48)58(52-24-12-10-22-49(52)55)41-34-45(54-46(35-41)44-19-7-13-25-53(44)59-54)37-26-28-39(29-27-37)57(38-16-4-3-5-17-38)40-30-31-43-42-18-6-8-20-47(42)56(50(43)36-40)32-14-15-33-56/h3-13,16-31,34-36H,14-15,32-33H2,1-2H3. The zero-order valence-corrected chi connectivity index (χ0v) is 33.5. The van der Waals surface area contributed by atoms with E-state index in [0.717, 1.165) is 50.1 Å². The molecule has 1 aliphatic heterocycles. The molecule has 0 bridgehead atoms. The Morgan fingerprint density at radius 2 is 1.07 bits per heavy atom. The summed E-state index contributed by atoms with van der Waals surface area (Å²) in [4.78, 5) is 4.88. The topological polar surface area (TPSA) is 19.6 Å². The van der Waals surface area contributed by atoms with Gasteiger partial charge < -0.3 is 14.2 Å². The van der Waals surface area contributed by atoms with Crippen LogP contribution in [0.15, 0.2) is 186 Å². The van der Waals surface area contributed by atoms with Gasteiger partial charge in [0, 0.05) is 49.9 Å². The van der Waals surface area contributed by atoms with Crippen LogP contribution in [0.3, 0.4) is 0 Å². The van der Waals surface area contributed by atoms with Crippen molar-refractivity contribution in [3.05, 3.63) is 204 Å². The second-order valence-corrected chi connectivity index (χ2v) is 17.2. The van der Waals surface area contributed by atoms with E-state index in [9.17, 15) is 0 Å².